The average Bonchev–Trinajstić information content (AvgIpc) is 2.20. The summed E-state index contributed by atoms with van der Waals surface area (Å²) >= 11 is 0. The predicted molar refractivity (Wildman–Crippen MR) is 59.3 cm³/mol. The molecule has 0 aromatic carbocycles. The van der Waals surface area contributed by atoms with Crippen molar-refractivity contribution in [3.63, 3.8) is 0 Å². The van der Waals surface area contributed by atoms with E-state index in [1.165, 1.54) is 4.90 Å². The van der Waals surface area contributed by atoms with Crippen LogP contribution in [0.1, 0.15) is 13.8 Å². The number of nitrogens with one attached hydrogen (secondary N) is 1. The third kappa shape index (κ3) is 4.97. The van der Waals surface area contributed by atoms with Crippen LogP contribution < -0.4 is 5.32 Å². The minimum absolute atomic E-state index is 0.155. The fourth-order valence-electron chi connectivity index (χ4n) is 1.09. The van der Waals surface area contributed by atoms with E-state index in [1.807, 2.05) is 0 Å². The molecule has 2 amide bonds. The van der Waals surface area contributed by atoms with Gasteiger partial charge in [0.2, 0.25) is 0 Å². The Hall–Kier alpha value is -1.30. The van der Waals surface area contributed by atoms with Crippen LogP contribution in [-0.4, -0.2) is 55.4 Å². The Kier molecular flexibility index (Phi) is 6.48. The Morgan fingerprint density at radius 1 is 1.44 bits per heavy atom. The minimum atomic E-state index is -1.02. The van der Waals surface area contributed by atoms with Crippen molar-refractivity contribution in [3.8, 4) is 0 Å². The number of carbonyl (C=O) groups excluding carboxylic acids is 1. The number of hydrogen-bond acceptors (Lipinski definition) is 3. The molecular formula is C10H20N2O4. The predicted octanol–water partition coefficient (Wildman–Crippen LogP) is 0.383. The first-order valence-corrected chi connectivity index (χ1v) is 5.13. The molecule has 0 heterocycles. The Morgan fingerprint density at radius 2 is 2.00 bits per heavy atom. The van der Waals surface area contributed by atoms with Crippen LogP contribution in [0.25, 0.3) is 0 Å². The van der Waals surface area contributed by atoms with Gasteiger partial charge in [0.05, 0.1) is 6.61 Å². The average molecular weight is 232 g/mol. The van der Waals surface area contributed by atoms with Crippen molar-refractivity contribution in [2.45, 2.75) is 19.9 Å². The topological polar surface area (TPSA) is 78.9 Å². The lowest BCUT2D eigenvalue weighted by molar-refractivity contribution is -0.140. The number of urea groups is 1. The summed E-state index contributed by atoms with van der Waals surface area (Å²) in [5.41, 5.74) is 0. The fourth-order valence-corrected chi connectivity index (χ4v) is 1.09. The number of methoxy groups -OCH3 is 1. The van der Waals surface area contributed by atoms with Crippen LogP contribution in [0.5, 0.6) is 0 Å². The second-order valence-corrected chi connectivity index (χ2v) is 3.92. The van der Waals surface area contributed by atoms with Crippen molar-refractivity contribution in [3.05, 3.63) is 0 Å². The highest BCUT2D eigenvalue weighted by atomic mass is 16.5. The van der Waals surface area contributed by atoms with Gasteiger partial charge in [0.15, 0.2) is 0 Å². The number of carbonyl (C=O) groups is 2. The number of rotatable bonds is 6. The Morgan fingerprint density at radius 3 is 2.38 bits per heavy atom. The van der Waals surface area contributed by atoms with Gasteiger partial charge in [-0.2, -0.15) is 0 Å². The molecule has 0 unspecified atom stereocenters. The van der Waals surface area contributed by atoms with Gasteiger partial charge in [0.1, 0.15) is 6.04 Å². The van der Waals surface area contributed by atoms with Gasteiger partial charge in [-0.3, -0.25) is 0 Å². The summed E-state index contributed by atoms with van der Waals surface area (Å²) < 4.78 is 4.82. The molecule has 0 fully saturated rings. The van der Waals surface area contributed by atoms with Crippen LogP contribution in [0.4, 0.5) is 4.79 Å². The van der Waals surface area contributed by atoms with Gasteiger partial charge in [-0.1, -0.05) is 13.8 Å². The zero-order valence-electron chi connectivity index (χ0n) is 10.2. The van der Waals surface area contributed by atoms with Crippen LogP contribution in [0.15, 0.2) is 0 Å². The molecule has 6 heteroatoms. The molecular weight excluding hydrogens is 212 g/mol. The van der Waals surface area contributed by atoms with Gasteiger partial charge in [0, 0.05) is 20.7 Å². The lowest BCUT2D eigenvalue weighted by Crippen LogP contribution is -2.49. The van der Waals surface area contributed by atoms with E-state index in [1.54, 1.807) is 28.0 Å². The molecule has 94 valence electrons. The first-order valence-electron chi connectivity index (χ1n) is 5.13. The van der Waals surface area contributed by atoms with E-state index in [-0.39, 0.29) is 5.92 Å². The smallest absolute Gasteiger partial charge is 0.326 e. The first-order chi connectivity index (χ1) is 7.40. The molecule has 1 atom stereocenters. The molecule has 0 aromatic heterocycles. The van der Waals surface area contributed by atoms with Crippen molar-refractivity contribution in [1.29, 1.82) is 0 Å². The highest BCUT2D eigenvalue weighted by Crippen LogP contribution is 2.02. The summed E-state index contributed by atoms with van der Waals surface area (Å²) in [6, 6.07) is -1.27. The third-order valence-electron chi connectivity index (χ3n) is 2.19. The van der Waals surface area contributed by atoms with Crippen molar-refractivity contribution >= 4 is 12.0 Å². The molecule has 0 aliphatic carbocycles. The van der Waals surface area contributed by atoms with Crippen molar-refractivity contribution in [1.82, 2.24) is 10.2 Å². The quantitative estimate of drug-likeness (QED) is 0.694. The lowest BCUT2D eigenvalue weighted by atomic mass is 10.1. The van der Waals surface area contributed by atoms with Crippen molar-refractivity contribution < 1.29 is 19.4 Å². The van der Waals surface area contributed by atoms with Crippen LogP contribution >= 0.6 is 0 Å². The molecule has 0 aliphatic heterocycles. The third-order valence-corrected chi connectivity index (χ3v) is 2.19. The van der Waals surface area contributed by atoms with E-state index >= 15 is 0 Å². The number of amides is 2. The van der Waals surface area contributed by atoms with Crippen molar-refractivity contribution in [2.75, 3.05) is 27.3 Å². The SMILES string of the molecule is COCCN(C)C(=O)N[C@@H](C(=O)O)C(C)C. The zero-order valence-corrected chi connectivity index (χ0v) is 10.2. The molecule has 0 rings (SSSR count). The Bertz CT molecular complexity index is 243. The van der Waals surface area contributed by atoms with Gasteiger partial charge in [-0.05, 0) is 5.92 Å². The number of likely N-dealkylation sites (N-methyl/N-ethyl adjacent to an activating group) is 1. The highest BCUT2D eigenvalue weighted by Gasteiger charge is 2.24. The molecule has 0 aliphatic rings. The van der Waals surface area contributed by atoms with Crippen molar-refractivity contribution in [2.24, 2.45) is 5.92 Å². The Balaban J connectivity index is 4.24. The molecule has 0 spiro atoms. The van der Waals surface area contributed by atoms with Gasteiger partial charge in [-0.15, -0.1) is 0 Å². The van der Waals surface area contributed by atoms with E-state index in [4.69, 9.17) is 9.84 Å². The fraction of sp³-hybridized carbons (Fsp3) is 0.800. The van der Waals surface area contributed by atoms with E-state index in [9.17, 15) is 9.59 Å². The number of hydrogen-bond donors (Lipinski definition) is 2. The van der Waals surface area contributed by atoms with Crippen LogP contribution in [0.2, 0.25) is 0 Å². The standard InChI is InChI=1S/C10H20N2O4/c1-7(2)8(9(13)14)11-10(15)12(3)5-6-16-4/h7-8H,5-6H2,1-4H3,(H,11,15)(H,13,14)/t8-/m1/s1. The largest absolute Gasteiger partial charge is 0.480 e. The molecule has 16 heavy (non-hydrogen) atoms. The first kappa shape index (κ1) is 14.7. The summed E-state index contributed by atoms with van der Waals surface area (Å²) in [4.78, 5) is 23.8. The van der Waals surface area contributed by atoms with Crippen LogP contribution in [0, 0.1) is 5.92 Å². The molecule has 0 bridgehead atoms. The second kappa shape index (κ2) is 7.05. The summed E-state index contributed by atoms with van der Waals surface area (Å²) in [7, 11) is 3.13. The zero-order chi connectivity index (χ0) is 12.7. The molecule has 0 radical (unpaired) electrons. The highest BCUT2D eigenvalue weighted by molar-refractivity contribution is 5.82. The summed E-state index contributed by atoms with van der Waals surface area (Å²) in [5.74, 6) is -1.18. The number of aliphatic carboxylic acids is 1. The summed E-state index contributed by atoms with van der Waals surface area (Å²) in [6.07, 6.45) is 0. The van der Waals surface area contributed by atoms with E-state index < -0.39 is 18.0 Å². The Labute approximate surface area is 95.6 Å². The normalized spacial score (nSPS) is 12.3. The lowest BCUT2D eigenvalue weighted by Gasteiger charge is -2.23. The van der Waals surface area contributed by atoms with Gasteiger partial charge in [-0.25, -0.2) is 9.59 Å². The molecule has 0 saturated heterocycles. The maximum absolute atomic E-state index is 11.6. The van der Waals surface area contributed by atoms with E-state index in [2.05, 4.69) is 5.32 Å². The molecule has 6 nitrogen and oxygen atoms in total. The number of carboxylic acid groups (broad SMARTS) is 1. The summed E-state index contributed by atoms with van der Waals surface area (Å²) in [6.45, 7) is 4.33. The number of carboxylic acids is 1. The molecule has 0 saturated carbocycles. The minimum Gasteiger partial charge on any atom is -0.480 e. The van der Waals surface area contributed by atoms with Crippen LogP contribution in [0.3, 0.4) is 0 Å². The van der Waals surface area contributed by atoms with E-state index in [0.717, 1.165) is 0 Å². The van der Waals surface area contributed by atoms with Gasteiger partial charge < -0.3 is 20.1 Å². The van der Waals surface area contributed by atoms with Crippen LogP contribution in [-0.2, 0) is 9.53 Å². The van der Waals surface area contributed by atoms with Gasteiger partial charge in [0.25, 0.3) is 0 Å². The maximum Gasteiger partial charge on any atom is 0.326 e. The van der Waals surface area contributed by atoms with Gasteiger partial charge >= 0.3 is 12.0 Å². The monoisotopic (exact) mass is 232 g/mol. The maximum atomic E-state index is 11.6. The molecule has 2 N–H and O–H groups in total. The summed E-state index contributed by atoms with van der Waals surface area (Å²) in [5, 5.41) is 11.3. The number of ether oxygens (including phenoxy) is 1. The molecule has 0 aromatic rings. The van der Waals surface area contributed by atoms with E-state index in [0.29, 0.717) is 13.2 Å². The number of nitrogens with zero attached hydrogens (tertiary/aromatic N) is 1. The second-order valence-electron chi connectivity index (χ2n) is 3.92.